The van der Waals surface area contributed by atoms with Gasteiger partial charge in [0.05, 0.1) is 19.1 Å². The minimum atomic E-state index is -0.270. The molecule has 4 rings (SSSR count). The molecular weight excluding hydrogens is 456 g/mol. The van der Waals surface area contributed by atoms with Crippen molar-refractivity contribution in [2.24, 2.45) is 11.8 Å². The summed E-state index contributed by atoms with van der Waals surface area (Å²) >= 11 is 0. The Morgan fingerprint density at radius 1 is 1.19 bits per heavy atom. The summed E-state index contributed by atoms with van der Waals surface area (Å²) < 4.78 is 6.58. The third-order valence-electron chi connectivity index (χ3n) is 7.87. The van der Waals surface area contributed by atoms with Gasteiger partial charge in [0.2, 0.25) is 5.91 Å². The summed E-state index contributed by atoms with van der Waals surface area (Å²) in [6, 6.07) is 5.33. The quantitative estimate of drug-likeness (QED) is 0.507. The largest absolute Gasteiger partial charge is 0.488 e. The number of nitrogens with one attached hydrogen (secondary N) is 2. The van der Waals surface area contributed by atoms with Gasteiger partial charge in [0.15, 0.2) is 0 Å². The number of hydrogen-bond acceptors (Lipinski definition) is 5. The van der Waals surface area contributed by atoms with E-state index in [0.29, 0.717) is 18.0 Å². The van der Waals surface area contributed by atoms with E-state index in [1.54, 1.807) is 4.90 Å². The normalized spacial score (nSPS) is 24.2. The molecule has 1 aliphatic heterocycles. The Bertz CT molecular complexity index is 900. The zero-order valence-electron chi connectivity index (χ0n) is 22.2. The van der Waals surface area contributed by atoms with Crippen LogP contribution >= 0.6 is 0 Å². The second-order valence-corrected chi connectivity index (χ2v) is 11.3. The van der Waals surface area contributed by atoms with Crippen LogP contribution in [0.1, 0.15) is 64.4 Å². The average Bonchev–Trinajstić information content (AvgIpc) is 3.66. The molecule has 1 aromatic rings. The molecule has 3 N–H and O–H groups in total. The summed E-state index contributed by atoms with van der Waals surface area (Å²) in [5.74, 6) is 1.53. The van der Waals surface area contributed by atoms with Crippen molar-refractivity contribution < 1.29 is 19.4 Å². The van der Waals surface area contributed by atoms with Crippen LogP contribution in [0, 0.1) is 11.8 Å². The van der Waals surface area contributed by atoms with Gasteiger partial charge in [0.1, 0.15) is 11.9 Å². The molecule has 0 aromatic heterocycles. The van der Waals surface area contributed by atoms with Crippen LogP contribution in [0.2, 0.25) is 0 Å². The molecule has 0 radical (unpaired) electrons. The van der Waals surface area contributed by atoms with Crippen LogP contribution in [0.3, 0.4) is 0 Å². The number of urea groups is 1. The lowest BCUT2D eigenvalue weighted by atomic mass is 9.96. The molecule has 2 aliphatic carbocycles. The van der Waals surface area contributed by atoms with E-state index in [-0.39, 0.29) is 49.1 Å². The summed E-state index contributed by atoms with van der Waals surface area (Å²) in [5.41, 5.74) is 1.41. The summed E-state index contributed by atoms with van der Waals surface area (Å²) in [6.45, 7) is 6.29. The number of carbonyl (C=O) groups excluding carboxylic acids is 2. The zero-order chi connectivity index (χ0) is 25.7. The van der Waals surface area contributed by atoms with Gasteiger partial charge in [-0.3, -0.25) is 4.79 Å². The number of ether oxygens (including phenoxy) is 1. The highest BCUT2D eigenvalue weighted by Crippen LogP contribution is 2.31. The van der Waals surface area contributed by atoms with Gasteiger partial charge in [-0.15, -0.1) is 0 Å². The number of benzene rings is 1. The molecule has 0 unspecified atom stereocenters. The second-order valence-electron chi connectivity index (χ2n) is 11.3. The monoisotopic (exact) mass is 500 g/mol. The molecule has 3 amide bonds. The fraction of sp³-hybridized carbons (Fsp3) is 0.714. The van der Waals surface area contributed by atoms with E-state index in [1.807, 2.05) is 25.1 Å². The fourth-order valence-electron chi connectivity index (χ4n) is 5.45. The highest BCUT2D eigenvalue weighted by Gasteiger charge is 2.32. The van der Waals surface area contributed by atoms with Crippen molar-refractivity contribution >= 4 is 17.6 Å². The van der Waals surface area contributed by atoms with Gasteiger partial charge in [0.25, 0.3) is 0 Å². The summed E-state index contributed by atoms with van der Waals surface area (Å²) in [5, 5.41) is 15.9. The van der Waals surface area contributed by atoms with Gasteiger partial charge in [-0.1, -0.05) is 26.2 Å². The summed E-state index contributed by atoms with van der Waals surface area (Å²) in [6.07, 6.45) is 8.25. The van der Waals surface area contributed by atoms with Crippen molar-refractivity contribution in [2.45, 2.75) is 83.4 Å². The molecule has 3 atom stereocenters. The lowest BCUT2D eigenvalue weighted by Crippen LogP contribution is -2.47. The Balaban J connectivity index is 1.52. The van der Waals surface area contributed by atoms with Crippen LogP contribution in [0.4, 0.5) is 10.5 Å². The van der Waals surface area contributed by atoms with Crippen LogP contribution in [-0.4, -0.2) is 78.3 Å². The van der Waals surface area contributed by atoms with Crippen molar-refractivity contribution in [1.82, 2.24) is 15.1 Å². The van der Waals surface area contributed by atoms with Crippen molar-refractivity contribution in [3.8, 4) is 5.75 Å². The number of nitrogens with zero attached hydrogens (tertiary/aromatic N) is 2. The molecule has 2 fully saturated rings. The predicted molar refractivity (Wildman–Crippen MR) is 141 cm³/mol. The maximum Gasteiger partial charge on any atom is 0.319 e. The minimum Gasteiger partial charge on any atom is -0.488 e. The van der Waals surface area contributed by atoms with E-state index in [4.69, 9.17) is 4.74 Å². The van der Waals surface area contributed by atoms with E-state index in [9.17, 15) is 14.7 Å². The number of fused-ring (bicyclic) bond motifs is 1. The number of carbonyl (C=O) groups is 2. The maximum atomic E-state index is 13.4. The van der Waals surface area contributed by atoms with Gasteiger partial charge in [-0.25, -0.2) is 4.79 Å². The highest BCUT2D eigenvalue weighted by molar-refractivity contribution is 5.90. The molecule has 0 bridgehead atoms. The molecular formula is C28H44N4O4. The molecule has 0 saturated heterocycles. The first kappa shape index (κ1) is 26.7. The number of rotatable bonds is 8. The number of likely N-dealkylation sites (N-methyl/N-ethyl adjacent to an activating group) is 1. The fourth-order valence-corrected chi connectivity index (χ4v) is 5.45. The Morgan fingerprint density at radius 3 is 2.64 bits per heavy atom. The molecule has 36 heavy (non-hydrogen) atoms. The van der Waals surface area contributed by atoms with Crippen LogP contribution in [0.5, 0.6) is 5.75 Å². The van der Waals surface area contributed by atoms with E-state index in [2.05, 4.69) is 29.5 Å². The minimum absolute atomic E-state index is 0.0379. The van der Waals surface area contributed by atoms with Crippen LogP contribution in [0.25, 0.3) is 0 Å². The number of anilines is 1. The molecule has 3 aliphatic rings. The molecule has 200 valence electrons. The second kappa shape index (κ2) is 12.3. The number of aliphatic hydroxyl groups excluding tert-OH is 1. The lowest BCUT2D eigenvalue weighted by molar-refractivity contribution is -0.134. The number of amides is 3. The van der Waals surface area contributed by atoms with E-state index >= 15 is 0 Å². The molecule has 2 saturated carbocycles. The van der Waals surface area contributed by atoms with Crippen molar-refractivity contribution in [3.05, 3.63) is 23.8 Å². The third-order valence-corrected chi connectivity index (χ3v) is 7.87. The van der Waals surface area contributed by atoms with Crippen LogP contribution < -0.4 is 15.4 Å². The first-order valence-electron chi connectivity index (χ1n) is 13.8. The number of aliphatic hydroxyl groups is 1. The van der Waals surface area contributed by atoms with Crippen LogP contribution in [0.15, 0.2) is 18.2 Å². The Kier molecular flexibility index (Phi) is 9.12. The molecule has 1 aromatic carbocycles. The van der Waals surface area contributed by atoms with Crippen molar-refractivity contribution in [1.29, 1.82) is 0 Å². The topological polar surface area (TPSA) is 94.1 Å². The molecule has 8 heteroatoms. The standard InChI is InChI=1S/C28H44N4O4/c1-19-15-32(20(2)18-33)27(34)14-22-13-24(30-28(35)29-23-7-5-4-6-8-23)11-12-25(22)36-26(19)17-31(3)16-21-9-10-21/h11-13,19-21,23,26,33H,4-10,14-18H2,1-3H3,(H2,29,30,35)/t19-,20-,26-/m0/s1. The molecule has 8 nitrogen and oxygen atoms in total. The highest BCUT2D eigenvalue weighted by atomic mass is 16.5. The number of hydrogen-bond donors (Lipinski definition) is 3. The Labute approximate surface area is 215 Å². The predicted octanol–water partition coefficient (Wildman–Crippen LogP) is 3.63. The van der Waals surface area contributed by atoms with Gasteiger partial charge in [-0.05, 0) is 63.8 Å². The van der Waals surface area contributed by atoms with Gasteiger partial charge >= 0.3 is 6.03 Å². The van der Waals surface area contributed by atoms with E-state index < -0.39 is 0 Å². The van der Waals surface area contributed by atoms with E-state index in [1.165, 1.54) is 19.3 Å². The molecule has 0 spiro atoms. The first-order valence-corrected chi connectivity index (χ1v) is 13.8. The smallest absolute Gasteiger partial charge is 0.319 e. The molecule has 1 heterocycles. The Hall–Kier alpha value is -2.32. The SMILES string of the molecule is C[C@H]1CN([C@@H](C)CO)C(=O)Cc2cc(NC(=O)NC3CCCCC3)ccc2O[C@H]1CN(C)CC1CC1. The van der Waals surface area contributed by atoms with Crippen LogP contribution in [-0.2, 0) is 11.2 Å². The third kappa shape index (κ3) is 7.35. The summed E-state index contributed by atoms with van der Waals surface area (Å²) in [7, 11) is 2.14. The maximum absolute atomic E-state index is 13.4. The van der Waals surface area contributed by atoms with Crippen molar-refractivity contribution in [2.75, 3.05) is 38.6 Å². The van der Waals surface area contributed by atoms with E-state index in [0.717, 1.165) is 50.3 Å². The van der Waals surface area contributed by atoms with Gasteiger partial charge in [0, 0.05) is 42.8 Å². The Morgan fingerprint density at radius 2 is 1.94 bits per heavy atom. The summed E-state index contributed by atoms with van der Waals surface area (Å²) in [4.78, 5) is 30.1. The zero-order valence-corrected chi connectivity index (χ0v) is 22.2. The van der Waals surface area contributed by atoms with Crippen molar-refractivity contribution in [3.63, 3.8) is 0 Å². The first-order chi connectivity index (χ1) is 17.3. The lowest BCUT2D eigenvalue weighted by Gasteiger charge is -2.34. The van der Waals surface area contributed by atoms with Gasteiger partial charge < -0.3 is 30.3 Å². The van der Waals surface area contributed by atoms with Gasteiger partial charge in [-0.2, -0.15) is 0 Å². The average molecular weight is 501 g/mol.